The summed E-state index contributed by atoms with van der Waals surface area (Å²) in [5.74, 6) is 1.39. The van der Waals surface area contributed by atoms with Gasteiger partial charge < -0.3 is 15.2 Å². The fourth-order valence-corrected chi connectivity index (χ4v) is 2.29. The molecule has 0 saturated carbocycles. The van der Waals surface area contributed by atoms with Crippen LogP contribution in [0.5, 0.6) is 0 Å². The van der Waals surface area contributed by atoms with Crippen LogP contribution in [0.25, 0.3) is 0 Å². The minimum absolute atomic E-state index is 0.106. The van der Waals surface area contributed by atoms with E-state index in [2.05, 4.69) is 20.8 Å². The van der Waals surface area contributed by atoms with Crippen molar-refractivity contribution >= 4 is 5.91 Å². The van der Waals surface area contributed by atoms with E-state index in [4.69, 9.17) is 0 Å². The van der Waals surface area contributed by atoms with E-state index in [0.717, 1.165) is 31.9 Å². The summed E-state index contributed by atoms with van der Waals surface area (Å²) in [6.45, 7) is 5.36. The number of amides is 1. The predicted molar refractivity (Wildman–Crippen MR) is 67.8 cm³/mol. The molecule has 6 heteroatoms. The zero-order chi connectivity index (χ0) is 12.8. The quantitative estimate of drug-likeness (QED) is 0.789. The Bertz CT molecular complexity index is 384. The normalized spacial score (nSPS) is 19.7. The molecule has 1 aliphatic heterocycles. The maximum Gasteiger partial charge on any atom is 0.220 e. The topological polar surface area (TPSA) is 71.8 Å². The zero-order valence-electron chi connectivity index (χ0n) is 10.9. The van der Waals surface area contributed by atoms with E-state index >= 15 is 0 Å². The SMILES string of the molecule is CCn1cnnc1CNC(=O)CC1CCCNC1. The van der Waals surface area contributed by atoms with Gasteiger partial charge in [0.1, 0.15) is 6.33 Å². The van der Waals surface area contributed by atoms with E-state index in [1.54, 1.807) is 6.33 Å². The summed E-state index contributed by atoms with van der Waals surface area (Å²) in [7, 11) is 0. The van der Waals surface area contributed by atoms with Crippen LogP contribution in [0.4, 0.5) is 0 Å². The van der Waals surface area contributed by atoms with Crippen LogP contribution in [0.15, 0.2) is 6.33 Å². The lowest BCUT2D eigenvalue weighted by Gasteiger charge is -2.22. The summed E-state index contributed by atoms with van der Waals surface area (Å²) < 4.78 is 1.93. The molecule has 100 valence electrons. The lowest BCUT2D eigenvalue weighted by atomic mass is 9.96. The second-order valence-corrected chi connectivity index (χ2v) is 4.73. The molecule has 1 unspecified atom stereocenters. The summed E-state index contributed by atoms with van der Waals surface area (Å²) in [5, 5.41) is 14.1. The molecule has 1 atom stereocenters. The van der Waals surface area contributed by atoms with Crippen LogP contribution >= 0.6 is 0 Å². The number of carbonyl (C=O) groups is 1. The highest BCUT2D eigenvalue weighted by Crippen LogP contribution is 2.13. The van der Waals surface area contributed by atoms with Gasteiger partial charge in [0.2, 0.25) is 5.91 Å². The van der Waals surface area contributed by atoms with Gasteiger partial charge >= 0.3 is 0 Å². The van der Waals surface area contributed by atoms with Crippen molar-refractivity contribution in [2.24, 2.45) is 5.92 Å². The molecule has 1 aromatic rings. The Hall–Kier alpha value is -1.43. The standard InChI is InChI=1S/C12H21N5O/c1-2-17-9-15-16-11(17)8-14-12(18)6-10-4-3-5-13-7-10/h9-10,13H,2-8H2,1H3,(H,14,18). The maximum absolute atomic E-state index is 11.8. The third-order valence-electron chi connectivity index (χ3n) is 3.35. The first-order chi connectivity index (χ1) is 8.79. The largest absolute Gasteiger partial charge is 0.349 e. The molecular weight excluding hydrogens is 230 g/mol. The number of aromatic nitrogens is 3. The Labute approximate surface area is 107 Å². The van der Waals surface area contributed by atoms with Crippen molar-refractivity contribution in [1.82, 2.24) is 25.4 Å². The fourth-order valence-electron chi connectivity index (χ4n) is 2.29. The van der Waals surface area contributed by atoms with Crippen molar-refractivity contribution in [3.05, 3.63) is 12.2 Å². The van der Waals surface area contributed by atoms with E-state index in [-0.39, 0.29) is 5.91 Å². The predicted octanol–water partition coefficient (Wildman–Crippen LogP) is 0.304. The molecule has 18 heavy (non-hydrogen) atoms. The summed E-state index contributed by atoms with van der Waals surface area (Å²) in [6, 6.07) is 0. The Morgan fingerprint density at radius 1 is 1.67 bits per heavy atom. The van der Waals surface area contributed by atoms with Crippen molar-refractivity contribution in [2.75, 3.05) is 13.1 Å². The Balaban J connectivity index is 1.74. The lowest BCUT2D eigenvalue weighted by molar-refractivity contribution is -0.122. The van der Waals surface area contributed by atoms with Crippen molar-refractivity contribution < 1.29 is 4.79 Å². The minimum Gasteiger partial charge on any atom is -0.349 e. The first kappa shape index (κ1) is 13.0. The molecule has 1 fully saturated rings. The van der Waals surface area contributed by atoms with E-state index in [9.17, 15) is 4.79 Å². The molecule has 1 amide bonds. The number of aryl methyl sites for hydroxylation is 1. The van der Waals surface area contributed by atoms with Crippen molar-refractivity contribution in [1.29, 1.82) is 0 Å². The first-order valence-corrected chi connectivity index (χ1v) is 6.63. The summed E-state index contributed by atoms with van der Waals surface area (Å²) in [5.41, 5.74) is 0. The van der Waals surface area contributed by atoms with Crippen LogP contribution in [-0.2, 0) is 17.9 Å². The Kier molecular flexibility index (Phi) is 4.69. The van der Waals surface area contributed by atoms with Gasteiger partial charge in [0.05, 0.1) is 6.54 Å². The molecule has 0 bridgehead atoms. The third-order valence-corrected chi connectivity index (χ3v) is 3.35. The van der Waals surface area contributed by atoms with Crippen molar-refractivity contribution in [3.8, 4) is 0 Å². The van der Waals surface area contributed by atoms with Gasteiger partial charge in [-0.15, -0.1) is 10.2 Å². The fraction of sp³-hybridized carbons (Fsp3) is 0.750. The first-order valence-electron chi connectivity index (χ1n) is 6.63. The van der Waals surface area contributed by atoms with E-state index < -0.39 is 0 Å². The molecule has 1 aromatic heterocycles. The average molecular weight is 251 g/mol. The van der Waals surface area contributed by atoms with Crippen molar-refractivity contribution in [2.45, 2.75) is 39.3 Å². The number of piperidine rings is 1. The van der Waals surface area contributed by atoms with Crippen LogP contribution < -0.4 is 10.6 Å². The number of carbonyl (C=O) groups excluding carboxylic acids is 1. The van der Waals surface area contributed by atoms with E-state index in [1.807, 2.05) is 11.5 Å². The number of hydrogen-bond acceptors (Lipinski definition) is 4. The summed E-state index contributed by atoms with van der Waals surface area (Å²) >= 11 is 0. The zero-order valence-corrected chi connectivity index (χ0v) is 10.9. The van der Waals surface area contributed by atoms with Gasteiger partial charge in [0.15, 0.2) is 5.82 Å². The van der Waals surface area contributed by atoms with Gasteiger partial charge in [-0.3, -0.25) is 4.79 Å². The van der Waals surface area contributed by atoms with E-state index in [0.29, 0.717) is 18.9 Å². The number of nitrogens with zero attached hydrogens (tertiary/aromatic N) is 3. The van der Waals surface area contributed by atoms with E-state index in [1.165, 1.54) is 6.42 Å². The van der Waals surface area contributed by atoms with Gasteiger partial charge in [0.25, 0.3) is 0 Å². The average Bonchev–Trinajstić information content (AvgIpc) is 2.85. The molecule has 2 N–H and O–H groups in total. The number of rotatable bonds is 5. The van der Waals surface area contributed by atoms with Crippen LogP contribution in [0.1, 0.15) is 32.0 Å². The summed E-state index contributed by atoms with van der Waals surface area (Å²) in [6.07, 6.45) is 4.60. The molecule has 0 aliphatic carbocycles. The third kappa shape index (κ3) is 3.53. The van der Waals surface area contributed by atoms with Gasteiger partial charge in [-0.1, -0.05) is 0 Å². The van der Waals surface area contributed by atoms with Gasteiger partial charge in [-0.2, -0.15) is 0 Å². The minimum atomic E-state index is 0.106. The molecule has 0 radical (unpaired) electrons. The molecule has 6 nitrogen and oxygen atoms in total. The second-order valence-electron chi connectivity index (χ2n) is 4.73. The van der Waals surface area contributed by atoms with Crippen LogP contribution in [0.2, 0.25) is 0 Å². The highest BCUT2D eigenvalue weighted by Gasteiger charge is 2.16. The highest BCUT2D eigenvalue weighted by molar-refractivity contribution is 5.76. The lowest BCUT2D eigenvalue weighted by Crippen LogP contribution is -2.34. The molecule has 0 aromatic carbocycles. The monoisotopic (exact) mass is 251 g/mol. The van der Waals surface area contributed by atoms with Gasteiger partial charge in [-0.05, 0) is 38.8 Å². The molecular formula is C12H21N5O. The maximum atomic E-state index is 11.8. The molecule has 2 rings (SSSR count). The molecule has 0 spiro atoms. The Morgan fingerprint density at radius 2 is 2.56 bits per heavy atom. The van der Waals surface area contributed by atoms with Crippen LogP contribution in [0, 0.1) is 5.92 Å². The molecule has 1 aliphatic rings. The number of hydrogen-bond donors (Lipinski definition) is 2. The summed E-state index contributed by atoms with van der Waals surface area (Å²) in [4.78, 5) is 11.8. The highest BCUT2D eigenvalue weighted by atomic mass is 16.1. The van der Waals surface area contributed by atoms with Gasteiger partial charge in [0, 0.05) is 13.0 Å². The molecule has 1 saturated heterocycles. The smallest absolute Gasteiger partial charge is 0.220 e. The Morgan fingerprint density at radius 3 is 3.28 bits per heavy atom. The van der Waals surface area contributed by atoms with Crippen LogP contribution in [0.3, 0.4) is 0 Å². The van der Waals surface area contributed by atoms with Crippen LogP contribution in [-0.4, -0.2) is 33.8 Å². The number of nitrogens with one attached hydrogen (secondary N) is 2. The molecule has 2 heterocycles. The van der Waals surface area contributed by atoms with Crippen molar-refractivity contribution in [3.63, 3.8) is 0 Å². The van der Waals surface area contributed by atoms with Gasteiger partial charge in [-0.25, -0.2) is 0 Å². The second kappa shape index (κ2) is 6.49.